The summed E-state index contributed by atoms with van der Waals surface area (Å²) in [5, 5.41) is 3.42. The zero-order valence-electron chi connectivity index (χ0n) is 10.4. The Bertz CT molecular complexity index is 396. The highest BCUT2D eigenvalue weighted by molar-refractivity contribution is 9.10. The molecule has 4 heteroatoms. The topological polar surface area (TPSA) is 30.5 Å². The van der Waals surface area contributed by atoms with Crippen molar-refractivity contribution < 1.29 is 9.47 Å². The van der Waals surface area contributed by atoms with Gasteiger partial charge in [0, 0.05) is 10.2 Å². The monoisotopic (exact) mass is 299 g/mol. The first kappa shape index (κ1) is 12.9. The van der Waals surface area contributed by atoms with Crippen molar-refractivity contribution in [2.45, 2.75) is 32.6 Å². The quantitative estimate of drug-likeness (QED) is 0.909. The van der Waals surface area contributed by atoms with E-state index in [2.05, 4.69) is 40.3 Å². The smallest absolute Gasteiger partial charge is 0.162 e. The summed E-state index contributed by atoms with van der Waals surface area (Å²) in [7, 11) is 0. The Labute approximate surface area is 111 Å². The molecule has 0 unspecified atom stereocenters. The summed E-state index contributed by atoms with van der Waals surface area (Å²) in [6, 6.07) is 6.43. The lowest BCUT2D eigenvalue weighted by molar-refractivity contribution is -0.247. The van der Waals surface area contributed by atoms with Gasteiger partial charge in [0.2, 0.25) is 0 Å². The Morgan fingerprint density at radius 2 is 1.94 bits per heavy atom. The summed E-state index contributed by atoms with van der Waals surface area (Å²) in [5.41, 5.74) is 2.32. The fourth-order valence-corrected chi connectivity index (χ4v) is 1.99. The molecule has 94 valence electrons. The number of halogens is 1. The molecule has 0 bridgehead atoms. The maximum absolute atomic E-state index is 5.61. The molecule has 0 radical (unpaired) electrons. The number of aryl methyl sites for hydroxylation is 1. The molecule has 2 rings (SSSR count). The molecule has 0 amide bonds. The fourth-order valence-electron chi connectivity index (χ4n) is 1.75. The molecular formula is C13H18BrNO2. The highest BCUT2D eigenvalue weighted by Crippen LogP contribution is 2.23. The third-order valence-electron chi connectivity index (χ3n) is 2.79. The van der Waals surface area contributed by atoms with Crippen LogP contribution in [0.4, 0.5) is 5.69 Å². The van der Waals surface area contributed by atoms with Crippen molar-refractivity contribution in [3.63, 3.8) is 0 Å². The number of benzene rings is 1. The van der Waals surface area contributed by atoms with Crippen molar-refractivity contribution in [3.05, 3.63) is 28.2 Å². The van der Waals surface area contributed by atoms with Crippen LogP contribution in [0.15, 0.2) is 22.7 Å². The molecular weight excluding hydrogens is 282 g/mol. The molecule has 1 aliphatic rings. The van der Waals surface area contributed by atoms with E-state index in [1.807, 2.05) is 19.9 Å². The summed E-state index contributed by atoms with van der Waals surface area (Å²) >= 11 is 3.49. The summed E-state index contributed by atoms with van der Waals surface area (Å²) in [4.78, 5) is 0. The number of hydrogen-bond donors (Lipinski definition) is 1. The molecule has 17 heavy (non-hydrogen) atoms. The maximum Gasteiger partial charge on any atom is 0.162 e. The van der Waals surface area contributed by atoms with E-state index in [1.54, 1.807) is 0 Å². The van der Waals surface area contributed by atoms with E-state index in [1.165, 1.54) is 5.56 Å². The Balaban J connectivity index is 1.95. The summed E-state index contributed by atoms with van der Waals surface area (Å²) in [6.45, 7) is 7.29. The van der Waals surface area contributed by atoms with Gasteiger partial charge in [-0.15, -0.1) is 0 Å². The van der Waals surface area contributed by atoms with Crippen molar-refractivity contribution >= 4 is 21.6 Å². The van der Waals surface area contributed by atoms with Gasteiger partial charge in [-0.3, -0.25) is 0 Å². The van der Waals surface area contributed by atoms with Crippen LogP contribution in [0.2, 0.25) is 0 Å². The van der Waals surface area contributed by atoms with Crippen LogP contribution in [-0.2, 0) is 9.47 Å². The SMILES string of the molecule is Cc1cc(NC2COC(C)(C)OC2)ccc1Br. The predicted octanol–water partition coefficient (Wildman–Crippen LogP) is 3.32. The van der Waals surface area contributed by atoms with Crippen molar-refractivity contribution in [3.8, 4) is 0 Å². The minimum absolute atomic E-state index is 0.212. The van der Waals surface area contributed by atoms with Crippen LogP contribution in [0, 0.1) is 6.92 Å². The summed E-state index contributed by atoms with van der Waals surface area (Å²) in [6.07, 6.45) is 0. The van der Waals surface area contributed by atoms with Crippen molar-refractivity contribution in [2.24, 2.45) is 0 Å². The first-order valence-electron chi connectivity index (χ1n) is 5.77. The predicted molar refractivity (Wildman–Crippen MR) is 72.3 cm³/mol. The molecule has 3 nitrogen and oxygen atoms in total. The summed E-state index contributed by atoms with van der Waals surface area (Å²) < 4.78 is 12.3. The maximum atomic E-state index is 5.61. The van der Waals surface area contributed by atoms with Crippen LogP contribution in [0.25, 0.3) is 0 Å². The Kier molecular flexibility index (Phi) is 3.76. The van der Waals surface area contributed by atoms with Crippen LogP contribution in [-0.4, -0.2) is 25.0 Å². The molecule has 1 fully saturated rings. The van der Waals surface area contributed by atoms with Crippen LogP contribution in [0.3, 0.4) is 0 Å². The molecule has 1 N–H and O–H groups in total. The highest BCUT2D eigenvalue weighted by atomic mass is 79.9. The lowest BCUT2D eigenvalue weighted by Crippen LogP contribution is -2.45. The Morgan fingerprint density at radius 1 is 1.29 bits per heavy atom. The number of hydrogen-bond acceptors (Lipinski definition) is 3. The second kappa shape index (κ2) is 4.96. The number of ether oxygens (including phenoxy) is 2. The van der Waals surface area contributed by atoms with Crippen LogP contribution < -0.4 is 5.32 Å². The van der Waals surface area contributed by atoms with Crippen LogP contribution >= 0.6 is 15.9 Å². The van der Waals surface area contributed by atoms with Gasteiger partial charge in [-0.25, -0.2) is 0 Å². The van der Waals surface area contributed by atoms with Gasteiger partial charge in [0.25, 0.3) is 0 Å². The molecule has 1 aromatic carbocycles. The number of rotatable bonds is 2. The second-order valence-corrected chi connectivity index (χ2v) is 5.68. The molecule has 1 aromatic rings. The van der Waals surface area contributed by atoms with E-state index < -0.39 is 5.79 Å². The second-order valence-electron chi connectivity index (χ2n) is 4.83. The van der Waals surface area contributed by atoms with Gasteiger partial charge < -0.3 is 14.8 Å². The van der Waals surface area contributed by atoms with Crippen LogP contribution in [0.1, 0.15) is 19.4 Å². The van der Waals surface area contributed by atoms with Crippen molar-refractivity contribution in [1.29, 1.82) is 0 Å². The largest absolute Gasteiger partial charge is 0.378 e. The van der Waals surface area contributed by atoms with Gasteiger partial charge >= 0.3 is 0 Å². The number of anilines is 1. The first-order chi connectivity index (χ1) is 7.96. The van der Waals surface area contributed by atoms with Gasteiger partial charge in [0.15, 0.2) is 5.79 Å². The molecule has 1 aliphatic heterocycles. The summed E-state index contributed by atoms with van der Waals surface area (Å²) in [5.74, 6) is -0.451. The van der Waals surface area contributed by atoms with Crippen molar-refractivity contribution in [2.75, 3.05) is 18.5 Å². The average Bonchev–Trinajstić information content (AvgIpc) is 2.27. The Morgan fingerprint density at radius 3 is 2.53 bits per heavy atom. The molecule has 1 heterocycles. The molecule has 1 saturated heterocycles. The van der Waals surface area contributed by atoms with E-state index in [9.17, 15) is 0 Å². The normalized spacial score (nSPS) is 20.2. The minimum atomic E-state index is -0.451. The third kappa shape index (κ3) is 3.44. The highest BCUT2D eigenvalue weighted by Gasteiger charge is 2.28. The van der Waals surface area contributed by atoms with E-state index in [0.29, 0.717) is 13.2 Å². The third-order valence-corrected chi connectivity index (χ3v) is 3.68. The van der Waals surface area contributed by atoms with E-state index in [4.69, 9.17) is 9.47 Å². The zero-order chi connectivity index (χ0) is 12.5. The van der Waals surface area contributed by atoms with Gasteiger partial charge in [0.05, 0.1) is 19.3 Å². The standard InChI is InChI=1S/C13H18BrNO2/c1-9-6-10(4-5-12(9)14)15-11-7-16-13(2,3)17-8-11/h4-6,11,15H,7-8H2,1-3H3. The van der Waals surface area contributed by atoms with Gasteiger partial charge in [0.1, 0.15) is 0 Å². The molecule has 0 aliphatic carbocycles. The molecule has 0 spiro atoms. The van der Waals surface area contributed by atoms with E-state index in [-0.39, 0.29) is 6.04 Å². The fraction of sp³-hybridized carbons (Fsp3) is 0.538. The van der Waals surface area contributed by atoms with Gasteiger partial charge in [-0.05, 0) is 44.5 Å². The zero-order valence-corrected chi connectivity index (χ0v) is 12.0. The van der Waals surface area contributed by atoms with Crippen molar-refractivity contribution in [1.82, 2.24) is 0 Å². The van der Waals surface area contributed by atoms with Crippen LogP contribution in [0.5, 0.6) is 0 Å². The molecule has 0 saturated carbocycles. The number of nitrogens with one attached hydrogen (secondary N) is 1. The van der Waals surface area contributed by atoms with E-state index in [0.717, 1.165) is 10.2 Å². The minimum Gasteiger partial charge on any atom is -0.378 e. The molecule has 0 aromatic heterocycles. The lowest BCUT2D eigenvalue weighted by atomic mass is 10.2. The molecule has 0 atom stereocenters. The Hall–Kier alpha value is -0.580. The first-order valence-corrected chi connectivity index (χ1v) is 6.56. The van der Waals surface area contributed by atoms with E-state index >= 15 is 0 Å². The van der Waals surface area contributed by atoms with Gasteiger partial charge in [-0.2, -0.15) is 0 Å². The average molecular weight is 300 g/mol. The lowest BCUT2D eigenvalue weighted by Gasteiger charge is -2.35. The van der Waals surface area contributed by atoms with Gasteiger partial charge in [-0.1, -0.05) is 15.9 Å².